The Morgan fingerprint density at radius 2 is 1.81 bits per heavy atom. The van der Waals surface area contributed by atoms with E-state index in [4.69, 9.17) is 0 Å². The molecule has 0 spiro atoms. The van der Waals surface area contributed by atoms with E-state index in [1.807, 2.05) is 0 Å². The minimum absolute atomic E-state index is 0.0453. The van der Waals surface area contributed by atoms with Gasteiger partial charge in [-0.25, -0.2) is 21.9 Å². The molecule has 8 heteroatoms. The average molecular weight is 394 g/mol. The first-order valence-corrected chi connectivity index (χ1v) is 10.1. The topological polar surface area (TPSA) is 66.5 Å². The molecule has 1 aliphatic heterocycles. The molecular weight excluding hydrogens is 374 g/mol. The predicted molar refractivity (Wildman–Crippen MR) is 98.3 cm³/mol. The van der Waals surface area contributed by atoms with Gasteiger partial charge < -0.3 is 4.90 Å². The van der Waals surface area contributed by atoms with Crippen LogP contribution in [0.4, 0.5) is 14.5 Å². The molecule has 0 atom stereocenters. The lowest BCUT2D eigenvalue weighted by Gasteiger charge is -2.30. The third kappa shape index (κ3) is 4.01. The number of fused-ring (bicyclic) bond motifs is 1. The van der Waals surface area contributed by atoms with Crippen molar-refractivity contribution in [3.8, 4) is 0 Å². The van der Waals surface area contributed by atoms with Crippen molar-refractivity contribution in [3.63, 3.8) is 0 Å². The number of carbonyl (C=O) groups is 1. The van der Waals surface area contributed by atoms with Crippen molar-refractivity contribution >= 4 is 21.6 Å². The molecule has 27 heavy (non-hydrogen) atoms. The van der Waals surface area contributed by atoms with Gasteiger partial charge in [0.2, 0.25) is 10.0 Å². The Labute approximate surface area is 157 Å². The van der Waals surface area contributed by atoms with Crippen LogP contribution in [0.15, 0.2) is 41.3 Å². The van der Waals surface area contributed by atoms with Gasteiger partial charge in [0.15, 0.2) is 0 Å². The molecule has 3 rings (SSSR count). The quantitative estimate of drug-likeness (QED) is 0.866. The van der Waals surface area contributed by atoms with E-state index in [-0.39, 0.29) is 22.2 Å². The predicted octanol–water partition coefficient (Wildman–Crippen LogP) is 3.24. The molecule has 2 aromatic carbocycles. The zero-order valence-electron chi connectivity index (χ0n) is 15.0. The molecular formula is C19H20F2N2O3S. The second-order valence-corrected chi connectivity index (χ2v) is 8.46. The molecule has 0 saturated heterocycles. The summed E-state index contributed by atoms with van der Waals surface area (Å²) < 4.78 is 54.5. The molecule has 0 fully saturated rings. The molecule has 2 aromatic rings. The Balaban J connectivity index is 1.90. The molecule has 0 aromatic heterocycles. The van der Waals surface area contributed by atoms with Crippen LogP contribution >= 0.6 is 0 Å². The van der Waals surface area contributed by atoms with Gasteiger partial charge >= 0.3 is 0 Å². The maximum absolute atomic E-state index is 14.0. The first-order valence-electron chi connectivity index (χ1n) is 8.61. The van der Waals surface area contributed by atoms with Gasteiger partial charge in [-0.3, -0.25) is 4.79 Å². The van der Waals surface area contributed by atoms with Crippen LogP contribution in [0.1, 0.15) is 36.2 Å². The number of halogens is 2. The van der Waals surface area contributed by atoms with Crippen LogP contribution in [-0.2, 0) is 16.4 Å². The van der Waals surface area contributed by atoms with Crippen LogP contribution in [0, 0.1) is 11.6 Å². The van der Waals surface area contributed by atoms with Crippen LogP contribution in [0.3, 0.4) is 0 Å². The van der Waals surface area contributed by atoms with Gasteiger partial charge in [0, 0.05) is 29.8 Å². The highest BCUT2D eigenvalue weighted by molar-refractivity contribution is 7.89. The number of nitrogens with one attached hydrogen (secondary N) is 1. The van der Waals surface area contributed by atoms with Gasteiger partial charge in [0.05, 0.1) is 10.6 Å². The number of amides is 1. The number of carbonyl (C=O) groups excluding carboxylic acids is 1. The van der Waals surface area contributed by atoms with Crippen LogP contribution < -0.4 is 9.62 Å². The summed E-state index contributed by atoms with van der Waals surface area (Å²) in [6.45, 7) is 3.76. The first kappa shape index (κ1) is 19.4. The number of hydrogen-bond acceptors (Lipinski definition) is 3. The van der Waals surface area contributed by atoms with Crippen molar-refractivity contribution in [3.05, 3.63) is 59.2 Å². The Morgan fingerprint density at radius 1 is 1.15 bits per heavy atom. The minimum Gasteiger partial charge on any atom is -0.308 e. The van der Waals surface area contributed by atoms with Crippen molar-refractivity contribution in [2.24, 2.45) is 0 Å². The fourth-order valence-corrected chi connectivity index (χ4v) is 4.39. The van der Waals surface area contributed by atoms with E-state index in [1.165, 1.54) is 29.2 Å². The van der Waals surface area contributed by atoms with Crippen molar-refractivity contribution < 1.29 is 22.0 Å². The monoisotopic (exact) mass is 394 g/mol. The van der Waals surface area contributed by atoms with Gasteiger partial charge in [-0.1, -0.05) is 0 Å². The molecule has 1 N–H and O–H groups in total. The van der Waals surface area contributed by atoms with E-state index in [2.05, 4.69) is 4.72 Å². The fraction of sp³-hybridized carbons (Fsp3) is 0.316. The lowest BCUT2D eigenvalue weighted by molar-refractivity contribution is 0.0985. The zero-order valence-corrected chi connectivity index (χ0v) is 15.8. The summed E-state index contributed by atoms with van der Waals surface area (Å²) in [4.78, 5) is 14.2. The van der Waals surface area contributed by atoms with E-state index >= 15 is 0 Å². The maximum atomic E-state index is 14.0. The molecule has 0 aliphatic carbocycles. The Morgan fingerprint density at radius 3 is 2.44 bits per heavy atom. The van der Waals surface area contributed by atoms with Crippen LogP contribution in [0.5, 0.6) is 0 Å². The summed E-state index contributed by atoms with van der Waals surface area (Å²) in [5, 5.41) is 0. The lowest BCUT2D eigenvalue weighted by atomic mass is 10.00. The molecule has 144 valence electrons. The third-order valence-electron chi connectivity index (χ3n) is 4.28. The number of benzene rings is 2. The molecule has 0 unspecified atom stereocenters. The van der Waals surface area contributed by atoms with Gasteiger partial charge in [-0.05, 0) is 57.0 Å². The van der Waals surface area contributed by atoms with Gasteiger partial charge in [0.25, 0.3) is 5.91 Å². The summed E-state index contributed by atoms with van der Waals surface area (Å²) in [7, 11) is -3.66. The van der Waals surface area contributed by atoms with E-state index in [0.717, 1.165) is 12.1 Å². The normalized spacial score (nSPS) is 14.3. The SMILES string of the molecule is CC(C)NS(=O)(=O)c1ccc(C(=O)N2CCCc3c(F)cc(F)cc32)cc1. The van der Waals surface area contributed by atoms with Crippen molar-refractivity contribution in [2.45, 2.75) is 37.6 Å². The standard InChI is InChI=1S/C19H20F2N2O3S/c1-12(2)22-27(25,26)15-7-5-13(6-8-15)19(24)23-9-3-4-16-17(21)10-14(20)11-18(16)23/h5-8,10-12,22H,3-4,9H2,1-2H3. The Hall–Kier alpha value is -2.32. The molecule has 0 bridgehead atoms. The van der Waals surface area contributed by atoms with E-state index in [1.54, 1.807) is 13.8 Å². The smallest absolute Gasteiger partial charge is 0.258 e. The number of sulfonamides is 1. The second-order valence-electron chi connectivity index (χ2n) is 6.75. The maximum Gasteiger partial charge on any atom is 0.258 e. The van der Waals surface area contributed by atoms with Crippen molar-refractivity contribution in [1.29, 1.82) is 0 Å². The number of nitrogens with zero attached hydrogens (tertiary/aromatic N) is 1. The average Bonchev–Trinajstić information content (AvgIpc) is 2.59. The van der Waals surface area contributed by atoms with Gasteiger partial charge in [-0.15, -0.1) is 0 Å². The van der Waals surface area contributed by atoms with E-state index in [0.29, 0.717) is 24.9 Å². The summed E-state index contributed by atoms with van der Waals surface area (Å²) in [5.41, 5.74) is 0.786. The number of hydrogen-bond donors (Lipinski definition) is 1. The van der Waals surface area contributed by atoms with Crippen LogP contribution in [0.25, 0.3) is 0 Å². The molecule has 0 saturated carbocycles. The summed E-state index contributed by atoms with van der Waals surface area (Å²) >= 11 is 0. The highest BCUT2D eigenvalue weighted by atomic mass is 32.2. The number of rotatable bonds is 4. The molecule has 0 radical (unpaired) electrons. The molecule has 1 aliphatic rings. The zero-order chi connectivity index (χ0) is 19.8. The summed E-state index contributed by atoms with van der Waals surface area (Å²) in [6.07, 6.45) is 0.995. The van der Waals surface area contributed by atoms with Crippen LogP contribution in [-0.4, -0.2) is 26.9 Å². The van der Waals surface area contributed by atoms with Gasteiger partial charge in [0.1, 0.15) is 11.6 Å². The molecule has 5 nitrogen and oxygen atoms in total. The van der Waals surface area contributed by atoms with E-state index < -0.39 is 27.6 Å². The molecule has 1 amide bonds. The van der Waals surface area contributed by atoms with Crippen molar-refractivity contribution in [1.82, 2.24) is 4.72 Å². The summed E-state index contributed by atoms with van der Waals surface area (Å²) in [6, 6.07) is 7.20. The fourth-order valence-electron chi connectivity index (χ4n) is 3.13. The Bertz CT molecular complexity index is 973. The van der Waals surface area contributed by atoms with E-state index in [9.17, 15) is 22.0 Å². The highest BCUT2D eigenvalue weighted by Crippen LogP contribution is 2.31. The third-order valence-corrected chi connectivity index (χ3v) is 5.96. The molecule has 1 heterocycles. The second kappa shape index (κ2) is 7.36. The number of anilines is 1. The minimum atomic E-state index is -3.66. The lowest BCUT2D eigenvalue weighted by Crippen LogP contribution is -2.36. The first-order chi connectivity index (χ1) is 12.7. The van der Waals surface area contributed by atoms with Crippen LogP contribution in [0.2, 0.25) is 0 Å². The summed E-state index contributed by atoms with van der Waals surface area (Å²) in [5.74, 6) is -1.84. The Kier molecular flexibility index (Phi) is 5.30. The highest BCUT2D eigenvalue weighted by Gasteiger charge is 2.27. The van der Waals surface area contributed by atoms with Gasteiger partial charge in [-0.2, -0.15) is 0 Å². The largest absolute Gasteiger partial charge is 0.308 e. The van der Waals surface area contributed by atoms with Crippen molar-refractivity contribution in [2.75, 3.05) is 11.4 Å².